The molecule has 10 heteroatoms. The van der Waals surface area contributed by atoms with Gasteiger partial charge in [-0.05, 0) is 5.56 Å². The first kappa shape index (κ1) is 16.0. The molecule has 20 heavy (non-hydrogen) atoms. The topological polar surface area (TPSA) is 89.3 Å². The Morgan fingerprint density at radius 2 is 2.05 bits per heavy atom. The standard InChI is InChI=1S/C10H9F3N2O4S/c1-20(19,14-9(16)10(11,12)13)6-7-3-2-4-8(5-7)15(17)18/h2-6H,1H3,(H,14,16,19). The summed E-state index contributed by atoms with van der Waals surface area (Å²) >= 11 is 0. The number of hydrogen-bond donors (Lipinski definition) is 1. The normalized spacial score (nSPS) is 14.2. The molecule has 1 aromatic carbocycles. The number of nitrogens with zero attached hydrogens (tertiary/aromatic N) is 1. The Bertz CT molecular complexity index is 663. The van der Waals surface area contributed by atoms with Crippen LogP contribution in [0.3, 0.4) is 0 Å². The van der Waals surface area contributed by atoms with Crippen molar-refractivity contribution in [3.05, 3.63) is 39.9 Å². The number of hydrogen-bond acceptors (Lipinski definition) is 4. The molecule has 1 amide bonds. The van der Waals surface area contributed by atoms with Gasteiger partial charge < -0.3 is 0 Å². The number of carbonyl (C=O) groups is 1. The van der Waals surface area contributed by atoms with Crippen LogP contribution in [0.15, 0.2) is 24.3 Å². The molecule has 6 nitrogen and oxygen atoms in total. The van der Waals surface area contributed by atoms with Gasteiger partial charge in [0, 0.05) is 23.8 Å². The first-order valence-electron chi connectivity index (χ1n) is 4.98. The molecule has 0 heterocycles. The highest BCUT2D eigenvalue weighted by atomic mass is 32.2. The lowest BCUT2D eigenvalue weighted by molar-refractivity contribution is -0.384. The molecule has 0 saturated heterocycles. The fourth-order valence-corrected chi connectivity index (χ4v) is 2.45. The molecule has 0 aromatic heterocycles. The van der Waals surface area contributed by atoms with E-state index < -0.39 is 26.7 Å². The van der Waals surface area contributed by atoms with Crippen molar-refractivity contribution in [3.8, 4) is 0 Å². The zero-order chi connectivity index (χ0) is 15.6. The van der Waals surface area contributed by atoms with Gasteiger partial charge in [0.15, 0.2) is 0 Å². The van der Waals surface area contributed by atoms with E-state index >= 15 is 0 Å². The Hall–Kier alpha value is -2.10. The van der Waals surface area contributed by atoms with Crippen molar-refractivity contribution in [2.45, 2.75) is 6.18 Å². The lowest BCUT2D eigenvalue weighted by atomic mass is 10.2. The molecule has 1 aromatic rings. The summed E-state index contributed by atoms with van der Waals surface area (Å²) in [5, 5.41) is 11.4. The second-order valence-electron chi connectivity index (χ2n) is 3.80. The van der Waals surface area contributed by atoms with Gasteiger partial charge in [-0.1, -0.05) is 12.1 Å². The summed E-state index contributed by atoms with van der Waals surface area (Å²) in [5.74, 6) is -2.34. The van der Waals surface area contributed by atoms with Crippen LogP contribution < -0.4 is 4.72 Å². The highest BCUT2D eigenvalue weighted by Gasteiger charge is 2.39. The SMILES string of the molecule is CS(=O)(=Cc1cccc([N+](=O)[O-])c1)NC(=O)C(F)(F)F. The molecule has 0 spiro atoms. The Kier molecular flexibility index (Phi) is 4.38. The van der Waals surface area contributed by atoms with Crippen LogP contribution in [-0.4, -0.2) is 32.8 Å². The maximum atomic E-state index is 12.0. The van der Waals surface area contributed by atoms with E-state index in [0.717, 1.165) is 17.7 Å². The quantitative estimate of drug-likeness (QED) is 0.517. The summed E-state index contributed by atoms with van der Waals surface area (Å²) in [6, 6.07) is 4.80. The smallest absolute Gasteiger partial charge is 0.275 e. The molecule has 0 aliphatic rings. The lowest BCUT2D eigenvalue weighted by Gasteiger charge is -2.10. The minimum absolute atomic E-state index is 0.0641. The van der Waals surface area contributed by atoms with E-state index in [1.54, 1.807) is 0 Å². The van der Waals surface area contributed by atoms with Crippen molar-refractivity contribution in [2.75, 3.05) is 6.26 Å². The Balaban J connectivity index is 3.09. The fourth-order valence-electron chi connectivity index (χ4n) is 1.24. The number of halogens is 3. The third-order valence-corrected chi connectivity index (χ3v) is 3.31. The van der Waals surface area contributed by atoms with Gasteiger partial charge in [0.05, 0.1) is 14.6 Å². The van der Waals surface area contributed by atoms with Gasteiger partial charge in [-0.25, -0.2) is 4.21 Å². The average Bonchev–Trinajstić information content (AvgIpc) is 2.26. The van der Waals surface area contributed by atoms with Crippen LogP contribution in [0.2, 0.25) is 0 Å². The predicted molar refractivity (Wildman–Crippen MR) is 66.5 cm³/mol. The Morgan fingerprint density at radius 3 is 2.55 bits per heavy atom. The van der Waals surface area contributed by atoms with Gasteiger partial charge in [0.2, 0.25) is 0 Å². The highest BCUT2D eigenvalue weighted by Crippen LogP contribution is 2.15. The number of alkyl halides is 3. The van der Waals surface area contributed by atoms with Crippen LogP contribution in [0.5, 0.6) is 0 Å². The molecule has 1 unspecified atom stereocenters. The summed E-state index contributed by atoms with van der Waals surface area (Å²) in [6.45, 7) is 0. The predicted octanol–water partition coefficient (Wildman–Crippen LogP) is 1.25. The van der Waals surface area contributed by atoms with E-state index in [1.807, 2.05) is 0 Å². The third-order valence-electron chi connectivity index (χ3n) is 1.99. The van der Waals surface area contributed by atoms with Gasteiger partial charge in [-0.3, -0.25) is 19.6 Å². The Labute approximate surface area is 111 Å². The van der Waals surface area contributed by atoms with Crippen molar-refractivity contribution in [1.82, 2.24) is 4.72 Å². The van der Waals surface area contributed by atoms with E-state index in [0.29, 0.717) is 0 Å². The molecule has 0 aliphatic heterocycles. The summed E-state index contributed by atoms with van der Waals surface area (Å²) in [5.41, 5.74) is -0.245. The summed E-state index contributed by atoms with van der Waals surface area (Å²) in [6.07, 6.45) is -4.27. The number of rotatable bonds is 3. The number of carbonyl (C=O) groups excluding carboxylic acids is 1. The monoisotopic (exact) mass is 310 g/mol. The average molecular weight is 310 g/mol. The van der Waals surface area contributed by atoms with Crippen LogP contribution in [0.1, 0.15) is 5.56 Å². The van der Waals surface area contributed by atoms with Crippen molar-refractivity contribution in [1.29, 1.82) is 0 Å². The number of nitro groups is 1. The van der Waals surface area contributed by atoms with Gasteiger partial charge in [0.1, 0.15) is 0 Å². The van der Waals surface area contributed by atoms with Gasteiger partial charge in [0.25, 0.3) is 5.69 Å². The van der Waals surface area contributed by atoms with Crippen LogP contribution in [-0.2, 0) is 14.5 Å². The molecule has 0 radical (unpaired) electrons. The van der Waals surface area contributed by atoms with Crippen molar-refractivity contribution in [2.24, 2.45) is 0 Å². The van der Waals surface area contributed by atoms with Gasteiger partial charge in [-0.15, -0.1) is 0 Å². The molecule has 1 atom stereocenters. The van der Waals surface area contributed by atoms with E-state index in [9.17, 15) is 32.3 Å². The summed E-state index contributed by atoms with van der Waals surface area (Å²) in [7, 11) is -3.48. The van der Waals surface area contributed by atoms with Crippen LogP contribution in [0, 0.1) is 10.1 Å². The second-order valence-corrected chi connectivity index (χ2v) is 6.05. The van der Waals surface area contributed by atoms with Crippen molar-refractivity contribution >= 4 is 26.7 Å². The maximum absolute atomic E-state index is 12.0. The second kappa shape index (κ2) is 5.49. The number of nitro benzene ring substituents is 1. The third kappa shape index (κ3) is 4.53. The van der Waals surface area contributed by atoms with E-state index in [1.165, 1.54) is 22.9 Å². The molecule has 110 valence electrons. The lowest BCUT2D eigenvalue weighted by Crippen LogP contribution is -2.40. The summed E-state index contributed by atoms with van der Waals surface area (Å²) < 4.78 is 49.3. The molecule has 0 aliphatic carbocycles. The van der Waals surface area contributed by atoms with Crippen molar-refractivity contribution in [3.63, 3.8) is 0 Å². The number of amides is 1. The van der Waals surface area contributed by atoms with Crippen LogP contribution >= 0.6 is 0 Å². The van der Waals surface area contributed by atoms with Gasteiger partial charge >= 0.3 is 12.1 Å². The van der Waals surface area contributed by atoms with E-state index in [-0.39, 0.29) is 11.3 Å². The van der Waals surface area contributed by atoms with E-state index in [2.05, 4.69) is 0 Å². The minimum Gasteiger partial charge on any atom is -0.275 e. The first-order chi connectivity index (χ1) is 9.01. The molecular weight excluding hydrogens is 301 g/mol. The van der Waals surface area contributed by atoms with Crippen molar-refractivity contribution < 1.29 is 27.1 Å². The molecule has 0 fully saturated rings. The number of non-ortho nitro benzene ring substituents is 1. The fraction of sp³-hybridized carbons (Fsp3) is 0.200. The summed E-state index contributed by atoms with van der Waals surface area (Å²) in [4.78, 5) is 20.5. The molecule has 1 rings (SSSR count). The Morgan fingerprint density at radius 1 is 1.45 bits per heavy atom. The largest absolute Gasteiger partial charge is 0.472 e. The van der Waals surface area contributed by atoms with Crippen LogP contribution in [0.25, 0.3) is 0 Å². The number of nitrogens with one attached hydrogen (secondary N) is 1. The highest BCUT2D eigenvalue weighted by molar-refractivity contribution is 7.99. The molecule has 0 saturated carbocycles. The van der Waals surface area contributed by atoms with Gasteiger partial charge in [-0.2, -0.15) is 13.2 Å². The van der Waals surface area contributed by atoms with E-state index in [4.69, 9.17) is 0 Å². The zero-order valence-corrected chi connectivity index (χ0v) is 10.8. The maximum Gasteiger partial charge on any atom is 0.472 e. The molecular formula is C10H9F3N2O4S. The minimum atomic E-state index is -5.16. The first-order valence-corrected chi connectivity index (χ1v) is 7.01. The van der Waals surface area contributed by atoms with Crippen LogP contribution in [0.4, 0.5) is 18.9 Å². The zero-order valence-electron chi connectivity index (χ0n) is 10.0. The number of benzene rings is 1. The molecule has 1 N–H and O–H groups in total. The molecule has 0 bridgehead atoms.